The van der Waals surface area contributed by atoms with Crippen LogP contribution in [0, 0.1) is 0 Å². The fourth-order valence-electron chi connectivity index (χ4n) is 2.96. The summed E-state index contributed by atoms with van der Waals surface area (Å²) >= 11 is 1.62. The fourth-order valence-corrected chi connectivity index (χ4v) is 3.57. The number of aryl methyl sites for hydroxylation is 1. The highest BCUT2D eigenvalue weighted by Crippen LogP contribution is 2.30. The summed E-state index contributed by atoms with van der Waals surface area (Å²) in [4.78, 5) is 15.6. The Bertz CT molecular complexity index is 691. The van der Waals surface area contributed by atoms with Crippen molar-refractivity contribution in [2.45, 2.75) is 19.4 Å². The van der Waals surface area contributed by atoms with Gasteiger partial charge in [-0.25, -0.2) is 0 Å². The number of hydrogen-bond donors (Lipinski definition) is 0. The van der Waals surface area contributed by atoms with Crippen molar-refractivity contribution in [3.63, 3.8) is 0 Å². The first-order valence-electron chi connectivity index (χ1n) is 7.81. The summed E-state index contributed by atoms with van der Waals surface area (Å²) in [5.74, 6) is 0.0231. The van der Waals surface area contributed by atoms with Gasteiger partial charge >= 0.3 is 0 Å². The van der Waals surface area contributed by atoms with Gasteiger partial charge in [0.25, 0.3) is 0 Å². The topological polar surface area (TPSA) is 47.4 Å². The van der Waals surface area contributed by atoms with Gasteiger partial charge in [0, 0.05) is 31.2 Å². The van der Waals surface area contributed by atoms with E-state index in [2.05, 4.69) is 5.10 Å². The van der Waals surface area contributed by atoms with Crippen molar-refractivity contribution in [2.75, 3.05) is 19.8 Å². The molecule has 0 spiro atoms. The minimum Gasteiger partial charge on any atom is -0.379 e. The summed E-state index contributed by atoms with van der Waals surface area (Å²) in [7, 11) is 1.92. The van der Waals surface area contributed by atoms with Crippen molar-refractivity contribution >= 4 is 23.3 Å². The molecule has 1 unspecified atom stereocenters. The number of carbonyl (C=O) groups is 1. The van der Waals surface area contributed by atoms with Gasteiger partial charge in [-0.3, -0.25) is 9.48 Å². The van der Waals surface area contributed by atoms with Crippen LogP contribution in [0.2, 0.25) is 0 Å². The van der Waals surface area contributed by atoms with Crippen molar-refractivity contribution in [2.24, 2.45) is 7.05 Å². The Kier molecular flexibility index (Phi) is 4.93. The molecule has 0 aromatic carbocycles. The average Bonchev–Trinajstić information content (AvgIpc) is 3.20. The zero-order chi connectivity index (χ0) is 16.2. The second-order valence-corrected chi connectivity index (χ2v) is 6.46. The molecule has 3 heterocycles. The molecule has 0 radical (unpaired) electrons. The molecule has 0 aliphatic carbocycles. The molecule has 1 aliphatic heterocycles. The van der Waals surface area contributed by atoms with Crippen molar-refractivity contribution in [3.8, 4) is 0 Å². The summed E-state index contributed by atoms with van der Waals surface area (Å²) in [6.45, 7) is 3.80. The molecule has 3 rings (SSSR count). The van der Waals surface area contributed by atoms with Gasteiger partial charge in [-0.1, -0.05) is 6.07 Å². The normalized spacial score (nSPS) is 17.7. The van der Waals surface area contributed by atoms with Crippen LogP contribution in [0.15, 0.2) is 29.8 Å². The highest BCUT2D eigenvalue weighted by molar-refractivity contribution is 7.10. The number of fused-ring (bicyclic) bond motifs is 1. The van der Waals surface area contributed by atoms with Crippen molar-refractivity contribution in [1.82, 2.24) is 14.7 Å². The maximum atomic E-state index is 12.7. The third-order valence-electron chi connectivity index (χ3n) is 4.07. The molecule has 2 aromatic heterocycles. The van der Waals surface area contributed by atoms with Crippen LogP contribution in [0.5, 0.6) is 0 Å². The van der Waals surface area contributed by atoms with Gasteiger partial charge in [0.05, 0.1) is 24.5 Å². The molecule has 5 nitrogen and oxygen atoms in total. The lowest BCUT2D eigenvalue weighted by atomic mass is 10.00. The monoisotopic (exact) mass is 331 g/mol. The predicted molar refractivity (Wildman–Crippen MR) is 91.2 cm³/mol. The van der Waals surface area contributed by atoms with E-state index in [-0.39, 0.29) is 11.9 Å². The summed E-state index contributed by atoms with van der Waals surface area (Å²) in [6.07, 6.45) is 6.28. The first-order valence-corrected chi connectivity index (χ1v) is 8.69. The second kappa shape index (κ2) is 7.10. The van der Waals surface area contributed by atoms with Crippen LogP contribution >= 0.6 is 11.3 Å². The number of aromatic nitrogens is 2. The summed E-state index contributed by atoms with van der Waals surface area (Å²) in [6, 6.07) is 3.91. The van der Waals surface area contributed by atoms with Crippen LogP contribution in [-0.4, -0.2) is 40.3 Å². The van der Waals surface area contributed by atoms with Crippen LogP contribution in [0.1, 0.15) is 29.1 Å². The summed E-state index contributed by atoms with van der Waals surface area (Å²) in [5.41, 5.74) is 2.30. The standard InChI is InChI=1S/C17H21N3O2S/c1-3-22-12-15-17-13(11-18-19(17)2)8-9-20(15)16(21)7-6-14-5-4-10-23-14/h4-7,10-11,15H,3,8-9,12H2,1-2H3/b7-6+. The second-order valence-electron chi connectivity index (χ2n) is 5.48. The molecule has 0 saturated carbocycles. The lowest BCUT2D eigenvalue weighted by Crippen LogP contribution is -2.42. The lowest BCUT2D eigenvalue weighted by molar-refractivity contribution is -0.130. The third kappa shape index (κ3) is 3.38. The number of carbonyl (C=O) groups excluding carboxylic acids is 1. The highest BCUT2D eigenvalue weighted by Gasteiger charge is 2.32. The molecule has 23 heavy (non-hydrogen) atoms. The van der Waals surface area contributed by atoms with Gasteiger partial charge < -0.3 is 9.64 Å². The van der Waals surface area contributed by atoms with Crippen LogP contribution < -0.4 is 0 Å². The van der Waals surface area contributed by atoms with E-state index in [1.54, 1.807) is 17.4 Å². The number of thiophene rings is 1. The van der Waals surface area contributed by atoms with Gasteiger partial charge in [0.1, 0.15) is 0 Å². The highest BCUT2D eigenvalue weighted by atomic mass is 32.1. The first kappa shape index (κ1) is 16.0. The first-order chi connectivity index (χ1) is 11.2. The van der Waals surface area contributed by atoms with Crippen LogP contribution in [0.4, 0.5) is 0 Å². The van der Waals surface area contributed by atoms with E-state index in [0.29, 0.717) is 19.8 Å². The van der Waals surface area contributed by atoms with Crippen LogP contribution in [-0.2, 0) is 23.0 Å². The predicted octanol–water partition coefficient (Wildman–Crippen LogP) is 2.66. The van der Waals surface area contributed by atoms with E-state index >= 15 is 0 Å². The van der Waals surface area contributed by atoms with E-state index in [9.17, 15) is 4.79 Å². The molecule has 1 aliphatic rings. The Labute approximate surface area is 140 Å². The molecule has 2 aromatic rings. The molecular weight excluding hydrogens is 310 g/mol. The molecule has 122 valence electrons. The molecule has 6 heteroatoms. The van der Waals surface area contributed by atoms with Gasteiger partial charge in [-0.15, -0.1) is 11.3 Å². The Morgan fingerprint density at radius 1 is 1.57 bits per heavy atom. The van der Waals surface area contributed by atoms with Gasteiger partial charge in [0.15, 0.2) is 0 Å². The Morgan fingerprint density at radius 3 is 3.17 bits per heavy atom. The number of amides is 1. The van der Waals surface area contributed by atoms with E-state index in [1.807, 2.05) is 53.3 Å². The largest absolute Gasteiger partial charge is 0.379 e. The molecule has 0 bridgehead atoms. The molecule has 0 fully saturated rings. The molecule has 1 atom stereocenters. The van der Waals surface area contributed by atoms with Crippen LogP contribution in [0.3, 0.4) is 0 Å². The average molecular weight is 331 g/mol. The van der Waals surface area contributed by atoms with Gasteiger partial charge in [-0.05, 0) is 36.4 Å². The SMILES string of the molecule is CCOCC1c2c(cnn2C)CCN1C(=O)/C=C/c1cccs1. The third-order valence-corrected chi connectivity index (χ3v) is 4.91. The van der Waals surface area contributed by atoms with Crippen molar-refractivity contribution in [3.05, 3.63) is 45.9 Å². The molecule has 1 amide bonds. The number of rotatable bonds is 5. The quantitative estimate of drug-likeness (QED) is 0.792. The van der Waals surface area contributed by atoms with E-state index in [4.69, 9.17) is 4.74 Å². The maximum Gasteiger partial charge on any atom is 0.247 e. The molecule has 0 N–H and O–H groups in total. The minimum absolute atomic E-state index is 0.0231. The smallest absolute Gasteiger partial charge is 0.247 e. The molecular formula is C17H21N3O2S. The Morgan fingerprint density at radius 2 is 2.43 bits per heavy atom. The Balaban J connectivity index is 1.82. The van der Waals surface area contributed by atoms with Gasteiger partial charge in [0.2, 0.25) is 5.91 Å². The van der Waals surface area contributed by atoms with Crippen LogP contribution in [0.25, 0.3) is 6.08 Å². The minimum atomic E-state index is -0.0771. The maximum absolute atomic E-state index is 12.7. The zero-order valence-electron chi connectivity index (χ0n) is 13.4. The Hall–Kier alpha value is -1.92. The van der Waals surface area contributed by atoms with E-state index in [0.717, 1.165) is 17.0 Å². The van der Waals surface area contributed by atoms with Gasteiger partial charge in [-0.2, -0.15) is 5.10 Å². The molecule has 0 saturated heterocycles. The number of ether oxygens (including phenoxy) is 1. The summed E-state index contributed by atoms with van der Waals surface area (Å²) in [5, 5.41) is 6.35. The van der Waals surface area contributed by atoms with E-state index < -0.39 is 0 Å². The lowest BCUT2D eigenvalue weighted by Gasteiger charge is -2.35. The van der Waals surface area contributed by atoms with Crippen molar-refractivity contribution < 1.29 is 9.53 Å². The van der Waals surface area contributed by atoms with E-state index in [1.165, 1.54) is 5.56 Å². The summed E-state index contributed by atoms with van der Waals surface area (Å²) < 4.78 is 7.49. The number of hydrogen-bond acceptors (Lipinski definition) is 4. The fraction of sp³-hybridized carbons (Fsp3) is 0.412. The number of nitrogens with zero attached hydrogens (tertiary/aromatic N) is 3. The van der Waals surface area contributed by atoms with Crippen molar-refractivity contribution in [1.29, 1.82) is 0 Å². The zero-order valence-corrected chi connectivity index (χ0v) is 14.3.